The first-order chi connectivity index (χ1) is 7.29. The molecule has 1 aliphatic heterocycles. The molecule has 1 N–H and O–H groups in total. The van der Waals surface area contributed by atoms with E-state index in [1.807, 2.05) is 0 Å². The quantitative estimate of drug-likeness (QED) is 0.756. The van der Waals surface area contributed by atoms with Crippen molar-refractivity contribution in [3.8, 4) is 6.07 Å². The highest BCUT2D eigenvalue weighted by Crippen LogP contribution is 2.25. The van der Waals surface area contributed by atoms with Crippen molar-refractivity contribution in [2.24, 2.45) is 0 Å². The van der Waals surface area contributed by atoms with Crippen molar-refractivity contribution in [1.82, 2.24) is 5.32 Å². The normalized spacial score (nSPS) is 25.9. The van der Waals surface area contributed by atoms with Crippen LogP contribution in [0, 0.1) is 18.3 Å². The van der Waals surface area contributed by atoms with Crippen molar-refractivity contribution in [2.45, 2.75) is 38.3 Å². The van der Waals surface area contributed by atoms with Gasteiger partial charge in [-0.1, -0.05) is 29.8 Å². The minimum Gasteiger partial charge on any atom is -0.295 e. The van der Waals surface area contributed by atoms with Crippen molar-refractivity contribution >= 4 is 0 Å². The van der Waals surface area contributed by atoms with Crippen LogP contribution < -0.4 is 5.32 Å². The summed E-state index contributed by atoms with van der Waals surface area (Å²) in [6.07, 6.45) is 3.27. The molecule has 2 nitrogen and oxygen atoms in total. The van der Waals surface area contributed by atoms with Gasteiger partial charge in [0.2, 0.25) is 0 Å². The second-order valence-corrected chi connectivity index (χ2v) is 4.24. The maximum Gasteiger partial charge on any atom is 0.0957 e. The van der Waals surface area contributed by atoms with Crippen molar-refractivity contribution < 1.29 is 0 Å². The maximum atomic E-state index is 8.89. The molecule has 2 atom stereocenters. The Kier molecular flexibility index (Phi) is 3.03. The third-order valence-electron chi connectivity index (χ3n) is 3.02. The molecule has 1 heterocycles. The summed E-state index contributed by atoms with van der Waals surface area (Å²) >= 11 is 0. The molecule has 0 aliphatic carbocycles. The zero-order chi connectivity index (χ0) is 10.7. The molecule has 15 heavy (non-hydrogen) atoms. The first kappa shape index (κ1) is 10.2. The van der Waals surface area contributed by atoms with Gasteiger partial charge >= 0.3 is 0 Å². The summed E-state index contributed by atoms with van der Waals surface area (Å²) in [6, 6.07) is 11.3. The largest absolute Gasteiger partial charge is 0.295 e. The van der Waals surface area contributed by atoms with Gasteiger partial charge < -0.3 is 0 Å². The number of piperidine rings is 1. The number of benzene rings is 1. The molecule has 2 rings (SSSR count). The fourth-order valence-electron chi connectivity index (χ4n) is 2.10. The SMILES string of the molecule is Cc1ccc(C2CCCC(C#N)N2)cc1. The number of nitrogens with one attached hydrogen (secondary N) is 1. The predicted octanol–water partition coefficient (Wildman–Crippen LogP) is 2.70. The summed E-state index contributed by atoms with van der Waals surface area (Å²) in [6.45, 7) is 2.09. The van der Waals surface area contributed by atoms with Crippen LogP contribution in [0.3, 0.4) is 0 Å². The fourth-order valence-corrected chi connectivity index (χ4v) is 2.10. The highest BCUT2D eigenvalue weighted by molar-refractivity contribution is 5.25. The van der Waals surface area contributed by atoms with E-state index in [4.69, 9.17) is 5.26 Å². The average Bonchev–Trinajstić information content (AvgIpc) is 2.30. The highest BCUT2D eigenvalue weighted by atomic mass is 15.0. The van der Waals surface area contributed by atoms with Crippen LogP contribution in [0.5, 0.6) is 0 Å². The maximum absolute atomic E-state index is 8.89. The van der Waals surface area contributed by atoms with Gasteiger partial charge in [-0.15, -0.1) is 0 Å². The molecular weight excluding hydrogens is 184 g/mol. The molecule has 1 aliphatic rings. The summed E-state index contributed by atoms with van der Waals surface area (Å²) in [4.78, 5) is 0. The fraction of sp³-hybridized carbons (Fsp3) is 0.462. The lowest BCUT2D eigenvalue weighted by Crippen LogP contribution is -2.35. The molecule has 1 aromatic carbocycles. The Morgan fingerprint density at radius 3 is 2.67 bits per heavy atom. The van der Waals surface area contributed by atoms with Gasteiger partial charge in [0.15, 0.2) is 0 Å². The molecule has 1 aromatic rings. The van der Waals surface area contributed by atoms with Gasteiger partial charge in [0.05, 0.1) is 12.1 Å². The van der Waals surface area contributed by atoms with Gasteiger partial charge in [0, 0.05) is 6.04 Å². The molecule has 0 amide bonds. The van der Waals surface area contributed by atoms with Gasteiger partial charge in [0.25, 0.3) is 0 Å². The summed E-state index contributed by atoms with van der Waals surface area (Å²) in [5.74, 6) is 0. The molecule has 2 unspecified atom stereocenters. The second kappa shape index (κ2) is 4.46. The molecule has 0 radical (unpaired) electrons. The minimum atomic E-state index is 0.0325. The lowest BCUT2D eigenvalue weighted by atomic mass is 9.93. The van der Waals surface area contributed by atoms with Crippen LogP contribution in [0.1, 0.15) is 36.4 Å². The summed E-state index contributed by atoms with van der Waals surface area (Å²) < 4.78 is 0. The van der Waals surface area contributed by atoms with Crippen molar-refractivity contribution in [2.75, 3.05) is 0 Å². The standard InChI is InChI=1S/C13H16N2/c1-10-5-7-11(8-6-10)13-4-2-3-12(9-14)15-13/h5-8,12-13,15H,2-4H2,1H3. The number of nitrogens with zero attached hydrogens (tertiary/aromatic N) is 1. The second-order valence-electron chi connectivity index (χ2n) is 4.24. The zero-order valence-electron chi connectivity index (χ0n) is 9.03. The molecule has 1 fully saturated rings. The van der Waals surface area contributed by atoms with Crippen LogP contribution in [-0.4, -0.2) is 6.04 Å². The Morgan fingerprint density at radius 1 is 1.27 bits per heavy atom. The third-order valence-corrected chi connectivity index (χ3v) is 3.02. The van der Waals surface area contributed by atoms with E-state index in [2.05, 4.69) is 42.6 Å². The van der Waals surface area contributed by atoms with Crippen LogP contribution in [0.15, 0.2) is 24.3 Å². The van der Waals surface area contributed by atoms with E-state index in [0.717, 1.165) is 19.3 Å². The Balaban J connectivity index is 2.10. The predicted molar refractivity (Wildman–Crippen MR) is 60.3 cm³/mol. The molecule has 0 bridgehead atoms. The van der Waals surface area contributed by atoms with Crippen LogP contribution in [0.25, 0.3) is 0 Å². The number of nitriles is 1. The number of aryl methyl sites for hydroxylation is 1. The summed E-state index contributed by atoms with van der Waals surface area (Å²) in [5, 5.41) is 12.3. The molecule has 2 heteroatoms. The highest BCUT2D eigenvalue weighted by Gasteiger charge is 2.21. The topological polar surface area (TPSA) is 35.8 Å². The van der Waals surface area contributed by atoms with Gasteiger partial charge in [-0.25, -0.2) is 0 Å². The lowest BCUT2D eigenvalue weighted by Gasteiger charge is -2.27. The molecule has 0 aromatic heterocycles. The Labute approximate surface area is 90.9 Å². The number of rotatable bonds is 1. The molecular formula is C13H16N2. The van der Waals surface area contributed by atoms with Crippen LogP contribution in [0.4, 0.5) is 0 Å². The van der Waals surface area contributed by atoms with E-state index >= 15 is 0 Å². The molecule has 0 saturated carbocycles. The van der Waals surface area contributed by atoms with Gasteiger partial charge in [-0.3, -0.25) is 5.32 Å². The first-order valence-corrected chi connectivity index (χ1v) is 5.52. The van der Waals surface area contributed by atoms with E-state index in [9.17, 15) is 0 Å². The van der Waals surface area contributed by atoms with Gasteiger partial charge in [-0.2, -0.15) is 5.26 Å². The minimum absolute atomic E-state index is 0.0325. The summed E-state index contributed by atoms with van der Waals surface area (Å²) in [5.41, 5.74) is 2.59. The van der Waals surface area contributed by atoms with E-state index < -0.39 is 0 Å². The van der Waals surface area contributed by atoms with Crippen LogP contribution in [-0.2, 0) is 0 Å². The average molecular weight is 200 g/mol. The zero-order valence-corrected chi connectivity index (χ0v) is 9.03. The smallest absolute Gasteiger partial charge is 0.0957 e. The van der Waals surface area contributed by atoms with Crippen molar-refractivity contribution in [1.29, 1.82) is 5.26 Å². The molecule has 0 spiro atoms. The van der Waals surface area contributed by atoms with E-state index in [0.29, 0.717) is 6.04 Å². The van der Waals surface area contributed by atoms with Crippen molar-refractivity contribution in [3.05, 3.63) is 35.4 Å². The Hall–Kier alpha value is -1.33. The van der Waals surface area contributed by atoms with E-state index in [-0.39, 0.29) is 6.04 Å². The van der Waals surface area contributed by atoms with Crippen LogP contribution >= 0.6 is 0 Å². The Bertz CT molecular complexity index is 361. The van der Waals surface area contributed by atoms with Gasteiger partial charge in [0.1, 0.15) is 0 Å². The third kappa shape index (κ3) is 2.37. The molecule has 78 valence electrons. The van der Waals surface area contributed by atoms with E-state index in [1.54, 1.807) is 0 Å². The lowest BCUT2D eigenvalue weighted by molar-refractivity contribution is 0.368. The van der Waals surface area contributed by atoms with Crippen molar-refractivity contribution in [3.63, 3.8) is 0 Å². The number of hydrogen-bond acceptors (Lipinski definition) is 2. The Morgan fingerprint density at radius 2 is 2.00 bits per heavy atom. The monoisotopic (exact) mass is 200 g/mol. The summed E-state index contributed by atoms with van der Waals surface area (Å²) in [7, 11) is 0. The first-order valence-electron chi connectivity index (χ1n) is 5.52. The van der Waals surface area contributed by atoms with Crippen LogP contribution in [0.2, 0.25) is 0 Å². The molecule has 1 saturated heterocycles. The number of hydrogen-bond donors (Lipinski definition) is 1. The van der Waals surface area contributed by atoms with Gasteiger partial charge in [-0.05, 0) is 31.7 Å². The van der Waals surface area contributed by atoms with E-state index in [1.165, 1.54) is 11.1 Å².